The predicted molar refractivity (Wildman–Crippen MR) is 75.5 cm³/mol. The van der Waals surface area contributed by atoms with Crippen molar-refractivity contribution in [3.8, 4) is 0 Å². The molecule has 0 saturated carbocycles. The van der Waals surface area contributed by atoms with Gasteiger partial charge in [0.1, 0.15) is 12.3 Å². The Hall–Kier alpha value is -1.54. The van der Waals surface area contributed by atoms with Crippen LogP contribution in [0.25, 0.3) is 0 Å². The van der Waals surface area contributed by atoms with E-state index in [2.05, 4.69) is 11.2 Å². The topological polar surface area (TPSA) is 64.1 Å². The van der Waals surface area contributed by atoms with Gasteiger partial charge in [-0.25, -0.2) is 0 Å². The Morgan fingerprint density at radius 3 is 2.52 bits per heavy atom. The smallest absolute Gasteiger partial charge is 0.387 e. The molecule has 1 aromatic heterocycles. The van der Waals surface area contributed by atoms with Crippen LogP contribution in [-0.4, -0.2) is 9.55 Å². The zero-order valence-electron chi connectivity index (χ0n) is 12.6. The van der Waals surface area contributed by atoms with Gasteiger partial charge in [-0.05, 0) is 11.5 Å². The van der Waals surface area contributed by atoms with E-state index < -0.39 is 5.69 Å². The van der Waals surface area contributed by atoms with Crippen molar-refractivity contribution in [2.75, 3.05) is 0 Å². The molecular formula is C15H17LiN2O3. The van der Waals surface area contributed by atoms with Gasteiger partial charge in [-0.15, -0.1) is 0 Å². The summed E-state index contributed by atoms with van der Waals surface area (Å²) in [5.41, 5.74) is 0.582. The van der Waals surface area contributed by atoms with Gasteiger partial charge >= 0.3 is 18.9 Å². The Kier molecular flexibility index (Phi) is 6.70. The van der Waals surface area contributed by atoms with E-state index in [9.17, 15) is 9.59 Å². The van der Waals surface area contributed by atoms with Crippen molar-refractivity contribution >= 4 is 0 Å². The van der Waals surface area contributed by atoms with Crippen molar-refractivity contribution in [3.63, 3.8) is 0 Å². The number of hydrogen-bond donors (Lipinski definition) is 1. The number of aromatic amines is 1. The quantitative estimate of drug-likeness (QED) is 0.543. The zero-order valence-corrected chi connectivity index (χ0v) is 12.6. The molecule has 106 valence electrons. The normalized spacial score (nSPS) is 10.4. The van der Waals surface area contributed by atoms with Gasteiger partial charge in [0.25, 0.3) is 0 Å². The molecule has 0 fully saturated rings. The monoisotopic (exact) mass is 280 g/mol. The fourth-order valence-corrected chi connectivity index (χ4v) is 1.79. The molecule has 0 aliphatic rings. The van der Waals surface area contributed by atoms with Crippen molar-refractivity contribution in [1.29, 1.82) is 0 Å². The van der Waals surface area contributed by atoms with Crippen LogP contribution in [0.2, 0.25) is 0 Å². The molecule has 5 nitrogen and oxygen atoms in total. The molecule has 0 atom stereocenters. The molecule has 0 saturated heterocycles. The third kappa shape index (κ3) is 4.75. The Labute approximate surface area is 135 Å². The molecule has 0 aliphatic carbocycles. The van der Waals surface area contributed by atoms with Crippen molar-refractivity contribution in [2.24, 2.45) is 0 Å². The van der Waals surface area contributed by atoms with Crippen LogP contribution in [0.1, 0.15) is 30.9 Å². The van der Waals surface area contributed by atoms with E-state index in [4.69, 9.17) is 4.74 Å². The second kappa shape index (κ2) is 8.04. The van der Waals surface area contributed by atoms with Crippen molar-refractivity contribution in [1.82, 2.24) is 9.55 Å². The third-order valence-electron chi connectivity index (χ3n) is 2.87. The fourth-order valence-electron chi connectivity index (χ4n) is 1.79. The van der Waals surface area contributed by atoms with Crippen LogP contribution in [0.5, 0.6) is 0 Å². The first kappa shape index (κ1) is 17.5. The average molecular weight is 280 g/mol. The van der Waals surface area contributed by atoms with Crippen LogP contribution in [0.15, 0.2) is 39.9 Å². The summed E-state index contributed by atoms with van der Waals surface area (Å²) in [5.74, 6) is -0.000256. The van der Waals surface area contributed by atoms with Crippen LogP contribution >= 0.6 is 0 Å². The van der Waals surface area contributed by atoms with Crippen molar-refractivity contribution in [3.05, 3.63) is 68.5 Å². The molecule has 0 spiro atoms. The molecule has 0 bridgehead atoms. The molecule has 1 N–H and O–H groups in total. The summed E-state index contributed by atoms with van der Waals surface area (Å²) in [5, 5.41) is 0. The first-order valence-electron chi connectivity index (χ1n) is 6.46. The number of H-pyrrole nitrogens is 1. The molecule has 0 unspecified atom stereocenters. The van der Waals surface area contributed by atoms with Crippen LogP contribution in [0, 0.1) is 6.20 Å². The Balaban J connectivity index is 0.00000220. The van der Waals surface area contributed by atoms with E-state index in [1.165, 1.54) is 4.57 Å². The molecule has 0 amide bonds. The summed E-state index contributed by atoms with van der Waals surface area (Å²) in [7, 11) is 0. The second-order valence-electron chi connectivity index (χ2n) is 4.83. The summed E-state index contributed by atoms with van der Waals surface area (Å²) >= 11 is 0. The maximum atomic E-state index is 11.7. The number of hydrogen-bond acceptors (Lipinski definition) is 3. The van der Waals surface area contributed by atoms with E-state index in [1.807, 2.05) is 44.2 Å². The molecule has 6 heteroatoms. The molecule has 0 radical (unpaired) electrons. The molecular weight excluding hydrogens is 263 g/mol. The molecule has 21 heavy (non-hydrogen) atoms. The predicted octanol–water partition coefficient (Wildman–Crippen LogP) is -1.36. The Bertz CT molecular complexity index is 677. The third-order valence-corrected chi connectivity index (χ3v) is 2.87. The number of nitrogens with zero attached hydrogens (tertiary/aromatic N) is 1. The number of nitrogens with one attached hydrogen (secondary N) is 1. The van der Waals surface area contributed by atoms with Crippen molar-refractivity contribution in [2.45, 2.75) is 33.1 Å². The van der Waals surface area contributed by atoms with Gasteiger partial charge in [0.05, 0.1) is 6.61 Å². The largest absolute Gasteiger partial charge is 1.00 e. The number of rotatable bonds is 5. The van der Waals surface area contributed by atoms with Gasteiger partial charge in [-0.1, -0.05) is 55.9 Å². The molecule has 2 rings (SSSR count). The summed E-state index contributed by atoms with van der Waals surface area (Å²) in [6, 6.07) is 9.66. The zero-order chi connectivity index (χ0) is 14.5. The summed E-state index contributed by atoms with van der Waals surface area (Å²) in [6.45, 7) is 4.21. The first-order chi connectivity index (χ1) is 9.58. The fraction of sp³-hybridized carbons (Fsp3) is 0.333. The van der Waals surface area contributed by atoms with Gasteiger partial charge in [-0.3, -0.25) is 0 Å². The standard InChI is InChI=1S/C15H17N2O3.Li/c1-11(2)13-8-17(15(19)16-14(13)18)10-20-9-12-6-4-3-5-7-12;/h3-7,11H,9-10H2,1-2H3,(H,16,18,19);/q-1;+1. The summed E-state index contributed by atoms with van der Waals surface area (Å²) < 4.78 is 6.72. The van der Waals surface area contributed by atoms with Crippen LogP contribution in [-0.2, 0) is 18.1 Å². The van der Waals surface area contributed by atoms with Gasteiger partial charge in [0.2, 0.25) is 5.69 Å². The average Bonchev–Trinajstić information content (AvgIpc) is 2.42. The maximum absolute atomic E-state index is 11.7. The van der Waals surface area contributed by atoms with Crippen LogP contribution in [0.4, 0.5) is 0 Å². The van der Waals surface area contributed by atoms with E-state index >= 15 is 0 Å². The van der Waals surface area contributed by atoms with E-state index in [1.54, 1.807) is 0 Å². The molecule has 2 aromatic rings. The SMILES string of the molecule is CC(C)c1[c-]n(COCc2ccccc2)c(=O)[nH]c1=O.[Li+]. The van der Waals surface area contributed by atoms with E-state index in [0.717, 1.165) is 5.56 Å². The van der Waals surface area contributed by atoms with Crippen molar-refractivity contribution < 1.29 is 23.6 Å². The van der Waals surface area contributed by atoms with E-state index in [0.29, 0.717) is 12.2 Å². The first-order valence-corrected chi connectivity index (χ1v) is 6.46. The Morgan fingerprint density at radius 1 is 1.24 bits per heavy atom. The number of benzene rings is 1. The minimum Gasteiger partial charge on any atom is -0.387 e. The molecule has 1 aromatic carbocycles. The Morgan fingerprint density at radius 2 is 1.90 bits per heavy atom. The maximum Gasteiger partial charge on any atom is 1.00 e. The second-order valence-corrected chi connectivity index (χ2v) is 4.83. The van der Waals surface area contributed by atoms with Gasteiger partial charge in [0.15, 0.2) is 0 Å². The van der Waals surface area contributed by atoms with E-state index in [-0.39, 0.29) is 37.1 Å². The number of aromatic nitrogens is 2. The number of ether oxygens (including phenoxy) is 1. The summed E-state index contributed by atoms with van der Waals surface area (Å²) in [6.07, 6.45) is 2.80. The molecule has 0 aliphatic heterocycles. The van der Waals surface area contributed by atoms with Gasteiger partial charge in [-0.2, -0.15) is 0 Å². The van der Waals surface area contributed by atoms with Gasteiger partial charge < -0.3 is 23.9 Å². The molecule has 1 heterocycles. The van der Waals surface area contributed by atoms with Crippen LogP contribution in [0.3, 0.4) is 0 Å². The van der Waals surface area contributed by atoms with Gasteiger partial charge in [0, 0.05) is 0 Å². The minimum atomic E-state index is -0.507. The van der Waals surface area contributed by atoms with Crippen LogP contribution < -0.4 is 30.1 Å². The minimum absolute atomic E-state index is 0. The summed E-state index contributed by atoms with van der Waals surface area (Å²) in [4.78, 5) is 25.5.